The van der Waals surface area contributed by atoms with Gasteiger partial charge in [-0.25, -0.2) is 8.42 Å². The first-order valence-corrected chi connectivity index (χ1v) is 8.74. The molecule has 1 aromatic carbocycles. The van der Waals surface area contributed by atoms with Crippen molar-refractivity contribution in [2.45, 2.75) is 32.7 Å². The van der Waals surface area contributed by atoms with Gasteiger partial charge < -0.3 is 5.73 Å². The van der Waals surface area contributed by atoms with Crippen LogP contribution in [0.2, 0.25) is 0 Å². The first-order valence-electron chi connectivity index (χ1n) is 6.92. The lowest BCUT2D eigenvalue weighted by Gasteiger charge is -2.19. The summed E-state index contributed by atoms with van der Waals surface area (Å²) in [5.41, 5.74) is 8.61. The zero-order valence-corrected chi connectivity index (χ0v) is 12.5. The van der Waals surface area contributed by atoms with Crippen molar-refractivity contribution in [2.75, 3.05) is 11.5 Å². The summed E-state index contributed by atoms with van der Waals surface area (Å²) in [6.45, 7) is 4.38. The van der Waals surface area contributed by atoms with E-state index in [4.69, 9.17) is 5.73 Å². The molecule has 0 aromatic heterocycles. The monoisotopic (exact) mass is 281 g/mol. The van der Waals surface area contributed by atoms with Crippen LogP contribution < -0.4 is 5.73 Å². The molecule has 2 rings (SSSR count). The second kappa shape index (κ2) is 5.63. The van der Waals surface area contributed by atoms with E-state index >= 15 is 0 Å². The minimum Gasteiger partial charge on any atom is -0.324 e. The van der Waals surface area contributed by atoms with Gasteiger partial charge in [-0.2, -0.15) is 0 Å². The lowest BCUT2D eigenvalue weighted by Crippen LogP contribution is -2.22. The summed E-state index contributed by atoms with van der Waals surface area (Å²) in [4.78, 5) is 0. The number of rotatable bonds is 4. The zero-order chi connectivity index (χ0) is 14.0. The Morgan fingerprint density at radius 2 is 2.11 bits per heavy atom. The third-order valence-electron chi connectivity index (χ3n) is 3.76. The van der Waals surface area contributed by atoms with E-state index in [9.17, 15) is 8.42 Å². The average Bonchev–Trinajstić information content (AvgIpc) is 2.68. The van der Waals surface area contributed by atoms with E-state index < -0.39 is 9.84 Å². The molecule has 1 aliphatic rings. The summed E-state index contributed by atoms with van der Waals surface area (Å²) < 4.78 is 23.1. The molecule has 2 unspecified atom stereocenters. The summed E-state index contributed by atoms with van der Waals surface area (Å²) in [5, 5.41) is 0. The van der Waals surface area contributed by atoms with Gasteiger partial charge in [0, 0.05) is 6.04 Å². The second-order valence-corrected chi connectivity index (χ2v) is 8.26. The van der Waals surface area contributed by atoms with Gasteiger partial charge in [0.1, 0.15) is 0 Å². The number of hydrogen-bond donors (Lipinski definition) is 1. The lowest BCUT2D eigenvalue weighted by atomic mass is 9.91. The quantitative estimate of drug-likeness (QED) is 0.921. The van der Waals surface area contributed by atoms with Crippen LogP contribution in [-0.4, -0.2) is 19.9 Å². The van der Waals surface area contributed by atoms with Crippen molar-refractivity contribution in [2.24, 2.45) is 17.6 Å². The first kappa shape index (κ1) is 14.5. The van der Waals surface area contributed by atoms with Gasteiger partial charge in [0.2, 0.25) is 0 Å². The molecule has 106 valence electrons. The van der Waals surface area contributed by atoms with Crippen LogP contribution in [0.25, 0.3) is 0 Å². The van der Waals surface area contributed by atoms with Crippen LogP contribution in [0, 0.1) is 11.8 Å². The smallest absolute Gasteiger partial charge is 0.150 e. The van der Waals surface area contributed by atoms with Crippen molar-refractivity contribution in [3.63, 3.8) is 0 Å². The molecule has 3 nitrogen and oxygen atoms in total. The minimum absolute atomic E-state index is 0.0688. The Bertz CT molecular complexity index is 537. The summed E-state index contributed by atoms with van der Waals surface area (Å²) in [6, 6.07) is 8.12. The summed E-state index contributed by atoms with van der Waals surface area (Å²) in [5.74, 6) is 1.21. The zero-order valence-electron chi connectivity index (χ0n) is 11.7. The van der Waals surface area contributed by atoms with Gasteiger partial charge in [-0.05, 0) is 35.8 Å². The highest BCUT2D eigenvalue weighted by Gasteiger charge is 2.32. The largest absolute Gasteiger partial charge is 0.324 e. The van der Waals surface area contributed by atoms with E-state index in [1.165, 1.54) is 5.56 Å². The molecule has 1 saturated heterocycles. The average molecular weight is 281 g/mol. The van der Waals surface area contributed by atoms with Crippen LogP contribution in [-0.2, 0) is 16.3 Å². The molecular weight excluding hydrogens is 258 g/mol. The van der Waals surface area contributed by atoms with Crippen molar-refractivity contribution in [3.05, 3.63) is 35.4 Å². The molecule has 2 atom stereocenters. The topological polar surface area (TPSA) is 60.2 Å². The Morgan fingerprint density at radius 1 is 1.37 bits per heavy atom. The highest BCUT2D eigenvalue weighted by molar-refractivity contribution is 7.91. The normalized spacial score (nSPS) is 23.7. The van der Waals surface area contributed by atoms with E-state index in [0.717, 1.165) is 12.0 Å². The van der Waals surface area contributed by atoms with Crippen LogP contribution in [0.3, 0.4) is 0 Å². The molecule has 4 heteroatoms. The van der Waals surface area contributed by atoms with E-state index in [2.05, 4.69) is 26.0 Å². The third-order valence-corrected chi connectivity index (χ3v) is 5.55. The number of benzene rings is 1. The van der Waals surface area contributed by atoms with Crippen LogP contribution in [0.1, 0.15) is 37.4 Å². The van der Waals surface area contributed by atoms with E-state index in [-0.39, 0.29) is 23.5 Å². The maximum Gasteiger partial charge on any atom is 0.150 e. The van der Waals surface area contributed by atoms with Gasteiger partial charge in [0.15, 0.2) is 9.84 Å². The van der Waals surface area contributed by atoms with Gasteiger partial charge >= 0.3 is 0 Å². The Kier molecular flexibility index (Phi) is 4.31. The van der Waals surface area contributed by atoms with Crippen LogP contribution >= 0.6 is 0 Å². The molecular formula is C15H23NO2S. The van der Waals surface area contributed by atoms with E-state index in [0.29, 0.717) is 12.3 Å². The highest BCUT2D eigenvalue weighted by Crippen LogP contribution is 2.30. The van der Waals surface area contributed by atoms with Gasteiger partial charge in [-0.1, -0.05) is 38.1 Å². The molecule has 0 bridgehead atoms. The molecule has 1 heterocycles. The minimum atomic E-state index is -2.86. The fourth-order valence-corrected chi connectivity index (χ4v) is 4.63. The van der Waals surface area contributed by atoms with Gasteiger partial charge in [-0.3, -0.25) is 0 Å². The van der Waals surface area contributed by atoms with Gasteiger partial charge in [0.05, 0.1) is 11.5 Å². The molecule has 0 spiro atoms. The second-order valence-electron chi connectivity index (χ2n) is 6.03. The molecule has 0 aliphatic carbocycles. The summed E-state index contributed by atoms with van der Waals surface area (Å²) in [7, 11) is -2.86. The summed E-state index contributed by atoms with van der Waals surface area (Å²) in [6.07, 6.45) is 1.72. The first-order chi connectivity index (χ1) is 8.87. The molecule has 2 N–H and O–H groups in total. The highest BCUT2D eigenvalue weighted by atomic mass is 32.2. The fraction of sp³-hybridized carbons (Fsp3) is 0.600. The van der Waals surface area contributed by atoms with Gasteiger partial charge in [-0.15, -0.1) is 0 Å². The molecule has 1 fully saturated rings. The van der Waals surface area contributed by atoms with Crippen molar-refractivity contribution >= 4 is 9.84 Å². The molecule has 1 aromatic rings. The molecule has 0 saturated carbocycles. The molecule has 19 heavy (non-hydrogen) atoms. The summed E-state index contributed by atoms with van der Waals surface area (Å²) >= 11 is 0. The number of sulfone groups is 1. The van der Waals surface area contributed by atoms with Crippen molar-refractivity contribution in [1.82, 2.24) is 0 Å². The third kappa shape index (κ3) is 3.80. The lowest BCUT2D eigenvalue weighted by molar-refractivity contribution is 0.479. The van der Waals surface area contributed by atoms with E-state index in [1.807, 2.05) is 12.1 Å². The Balaban J connectivity index is 2.13. The standard InChI is InChI=1S/C15H23NO2S/c1-11(2)8-12-4-3-5-13(9-12)15(16)14-6-7-19(17,18)10-14/h3-5,9,11,14-15H,6-8,10,16H2,1-2H3. The number of nitrogens with two attached hydrogens (primary N) is 1. The van der Waals surface area contributed by atoms with Crippen LogP contribution in [0.15, 0.2) is 24.3 Å². The van der Waals surface area contributed by atoms with Crippen LogP contribution in [0.5, 0.6) is 0 Å². The predicted molar refractivity (Wildman–Crippen MR) is 78.7 cm³/mol. The van der Waals surface area contributed by atoms with Crippen molar-refractivity contribution < 1.29 is 8.42 Å². The Labute approximate surface area is 116 Å². The maximum atomic E-state index is 11.5. The predicted octanol–water partition coefficient (Wildman–Crippen LogP) is 2.32. The van der Waals surface area contributed by atoms with Crippen molar-refractivity contribution in [3.8, 4) is 0 Å². The fourth-order valence-electron chi connectivity index (χ4n) is 2.78. The molecule has 1 aliphatic heterocycles. The number of hydrogen-bond acceptors (Lipinski definition) is 3. The maximum absolute atomic E-state index is 11.5. The molecule has 0 amide bonds. The Morgan fingerprint density at radius 3 is 2.68 bits per heavy atom. The Hall–Kier alpha value is -0.870. The SMILES string of the molecule is CC(C)Cc1cccc(C(N)C2CCS(=O)(=O)C2)c1. The molecule has 0 radical (unpaired) electrons. The van der Waals surface area contributed by atoms with Crippen LogP contribution in [0.4, 0.5) is 0 Å². The van der Waals surface area contributed by atoms with E-state index in [1.54, 1.807) is 0 Å². The van der Waals surface area contributed by atoms with Gasteiger partial charge in [0.25, 0.3) is 0 Å². The van der Waals surface area contributed by atoms with Crippen molar-refractivity contribution in [1.29, 1.82) is 0 Å².